The molecule has 0 spiro atoms. The molecule has 2 aromatic rings. The molecule has 1 saturated heterocycles. The van der Waals surface area contributed by atoms with Crippen molar-refractivity contribution in [2.75, 3.05) is 18.0 Å². The van der Waals surface area contributed by atoms with E-state index in [2.05, 4.69) is 49.1 Å². The van der Waals surface area contributed by atoms with E-state index in [1.54, 1.807) is 0 Å². The van der Waals surface area contributed by atoms with Crippen molar-refractivity contribution >= 4 is 11.5 Å². The van der Waals surface area contributed by atoms with E-state index in [9.17, 15) is 14.3 Å². The minimum atomic E-state index is -0.639. The number of phenolic OH excluding ortho intramolecular Hbond substituents is 1. The number of Topliss-reactive ketones (excluding diaryl/α,β-unsaturated/α-hetero) is 1. The van der Waals surface area contributed by atoms with Gasteiger partial charge in [-0.1, -0.05) is 44.9 Å². The average Bonchev–Trinajstić information content (AvgIpc) is 3.67. The lowest BCUT2D eigenvalue weighted by molar-refractivity contribution is 0.101. The van der Waals surface area contributed by atoms with Gasteiger partial charge in [0.1, 0.15) is 11.6 Å². The summed E-state index contributed by atoms with van der Waals surface area (Å²) in [7, 11) is 0. The highest BCUT2D eigenvalue weighted by Gasteiger charge is 2.28. The minimum absolute atomic E-state index is 0.0324. The molecule has 1 heterocycles. The molecule has 0 amide bonds. The van der Waals surface area contributed by atoms with Gasteiger partial charge in [-0.15, -0.1) is 0 Å². The monoisotopic (exact) mass is 425 g/mol. The Balaban J connectivity index is 0.000000149. The molecule has 0 aromatic heterocycles. The van der Waals surface area contributed by atoms with Crippen LogP contribution in [0, 0.1) is 17.7 Å². The van der Waals surface area contributed by atoms with Gasteiger partial charge in [0.15, 0.2) is 5.78 Å². The highest BCUT2D eigenvalue weighted by Crippen LogP contribution is 2.44. The molecular formula is C27H36FNO2. The molecule has 2 saturated carbocycles. The number of rotatable bonds is 3. The normalized spacial score (nSPS) is 20.1. The number of hydrogen-bond donors (Lipinski definition) is 1. The number of para-hydroxylation sites is 1. The van der Waals surface area contributed by atoms with Crippen molar-refractivity contribution in [3.63, 3.8) is 0 Å². The summed E-state index contributed by atoms with van der Waals surface area (Å²) in [6.07, 6.45) is 7.73. The van der Waals surface area contributed by atoms with Gasteiger partial charge in [0.05, 0.1) is 5.56 Å². The molecule has 3 fully saturated rings. The number of phenols is 1. The van der Waals surface area contributed by atoms with Gasteiger partial charge in [-0.2, -0.15) is 0 Å². The lowest BCUT2D eigenvalue weighted by Gasteiger charge is -2.32. The Hall–Kier alpha value is -2.36. The Morgan fingerprint density at radius 3 is 2.16 bits per heavy atom. The van der Waals surface area contributed by atoms with Crippen LogP contribution in [0.2, 0.25) is 0 Å². The highest BCUT2D eigenvalue weighted by molar-refractivity contribution is 5.94. The molecule has 31 heavy (non-hydrogen) atoms. The SMILES string of the molecule is CC(=O)c1cc(C2CC2)c(O)cc1F.CC1CC1.CC1CCCN(c2ccccc2)C1. The van der Waals surface area contributed by atoms with Gasteiger partial charge in [0.2, 0.25) is 0 Å². The maximum absolute atomic E-state index is 13.2. The fourth-order valence-electron chi connectivity index (χ4n) is 3.80. The molecule has 1 atom stereocenters. The van der Waals surface area contributed by atoms with Crippen molar-refractivity contribution < 1.29 is 14.3 Å². The fraction of sp³-hybridized carbons (Fsp3) is 0.519. The van der Waals surface area contributed by atoms with Crippen LogP contribution in [0.3, 0.4) is 0 Å². The number of carbonyl (C=O) groups is 1. The summed E-state index contributed by atoms with van der Waals surface area (Å²) in [5.74, 6) is 1.28. The second-order valence-corrected chi connectivity index (χ2v) is 9.43. The average molecular weight is 426 g/mol. The number of aromatic hydroxyl groups is 1. The Morgan fingerprint density at radius 1 is 1.00 bits per heavy atom. The van der Waals surface area contributed by atoms with Gasteiger partial charge in [-0.3, -0.25) is 4.79 Å². The number of halogens is 1. The van der Waals surface area contributed by atoms with Crippen molar-refractivity contribution in [3.8, 4) is 5.75 Å². The highest BCUT2D eigenvalue weighted by atomic mass is 19.1. The molecule has 3 nitrogen and oxygen atoms in total. The zero-order chi connectivity index (χ0) is 22.4. The smallest absolute Gasteiger partial charge is 0.162 e. The predicted molar refractivity (Wildman–Crippen MR) is 125 cm³/mol. The second kappa shape index (κ2) is 10.8. The third kappa shape index (κ3) is 7.37. The van der Waals surface area contributed by atoms with Crippen LogP contribution in [0.1, 0.15) is 81.1 Å². The van der Waals surface area contributed by atoms with Crippen molar-refractivity contribution in [2.45, 2.75) is 65.2 Å². The van der Waals surface area contributed by atoms with Crippen LogP contribution in [-0.4, -0.2) is 24.0 Å². The molecule has 0 radical (unpaired) electrons. The quantitative estimate of drug-likeness (QED) is 0.541. The van der Waals surface area contributed by atoms with Crippen molar-refractivity contribution in [2.24, 2.45) is 11.8 Å². The zero-order valence-corrected chi connectivity index (χ0v) is 19.1. The Kier molecular flexibility index (Phi) is 8.11. The van der Waals surface area contributed by atoms with E-state index in [0.29, 0.717) is 11.5 Å². The second-order valence-electron chi connectivity index (χ2n) is 9.43. The van der Waals surface area contributed by atoms with Gasteiger partial charge in [-0.05, 0) is 74.1 Å². The van der Waals surface area contributed by atoms with E-state index < -0.39 is 5.82 Å². The summed E-state index contributed by atoms with van der Waals surface area (Å²) >= 11 is 0. The topological polar surface area (TPSA) is 40.5 Å². The van der Waals surface area contributed by atoms with Crippen LogP contribution in [0.5, 0.6) is 5.75 Å². The number of piperidine rings is 1. The van der Waals surface area contributed by atoms with Crippen molar-refractivity contribution in [1.29, 1.82) is 0 Å². The first-order chi connectivity index (χ1) is 14.8. The van der Waals surface area contributed by atoms with E-state index in [0.717, 1.165) is 30.7 Å². The molecule has 1 unspecified atom stereocenters. The summed E-state index contributed by atoms with van der Waals surface area (Å²) in [5.41, 5.74) is 2.16. The first-order valence-electron chi connectivity index (χ1n) is 11.7. The van der Waals surface area contributed by atoms with E-state index in [4.69, 9.17) is 0 Å². The van der Waals surface area contributed by atoms with Gasteiger partial charge in [-0.25, -0.2) is 4.39 Å². The third-order valence-corrected chi connectivity index (χ3v) is 6.16. The number of ketones is 1. The molecule has 0 bridgehead atoms. The Labute approximate surface area is 186 Å². The summed E-state index contributed by atoms with van der Waals surface area (Å²) < 4.78 is 13.2. The van der Waals surface area contributed by atoms with E-state index in [-0.39, 0.29) is 17.1 Å². The molecule has 4 heteroatoms. The Bertz CT molecular complexity index is 859. The molecule has 2 aliphatic carbocycles. The zero-order valence-electron chi connectivity index (χ0n) is 19.1. The lowest BCUT2D eigenvalue weighted by Crippen LogP contribution is -2.34. The van der Waals surface area contributed by atoms with Crippen LogP contribution in [0.4, 0.5) is 10.1 Å². The summed E-state index contributed by atoms with van der Waals surface area (Å²) in [6.45, 7) is 8.40. The maximum Gasteiger partial charge on any atom is 0.162 e. The fourth-order valence-corrected chi connectivity index (χ4v) is 3.80. The molecular weight excluding hydrogens is 389 g/mol. The summed E-state index contributed by atoms with van der Waals surface area (Å²) in [6, 6.07) is 13.2. The number of anilines is 1. The van der Waals surface area contributed by atoms with Gasteiger partial charge >= 0.3 is 0 Å². The predicted octanol–water partition coefficient (Wildman–Crippen LogP) is 6.95. The van der Waals surface area contributed by atoms with Crippen molar-refractivity contribution in [1.82, 2.24) is 0 Å². The number of hydrogen-bond acceptors (Lipinski definition) is 3. The van der Waals surface area contributed by atoms with Gasteiger partial charge < -0.3 is 10.0 Å². The number of carbonyl (C=O) groups excluding carboxylic acids is 1. The largest absolute Gasteiger partial charge is 0.508 e. The van der Waals surface area contributed by atoms with Gasteiger partial charge in [0.25, 0.3) is 0 Å². The first-order valence-corrected chi connectivity index (χ1v) is 11.7. The van der Waals surface area contributed by atoms with Crippen LogP contribution in [-0.2, 0) is 0 Å². The van der Waals surface area contributed by atoms with Crippen LogP contribution >= 0.6 is 0 Å². The minimum Gasteiger partial charge on any atom is -0.508 e. The molecule has 2 aromatic carbocycles. The van der Waals surface area contributed by atoms with Gasteiger partial charge in [0, 0.05) is 24.8 Å². The summed E-state index contributed by atoms with van der Waals surface area (Å²) in [4.78, 5) is 13.5. The maximum atomic E-state index is 13.2. The molecule has 1 aliphatic heterocycles. The lowest BCUT2D eigenvalue weighted by atomic mass is 10.00. The van der Waals surface area contributed by atoms with Crippen LogP contribution < -0.4 is 4.90 Å². The molecule has 168 valence electrons. The molecule has 3 aliphatic rings. The molecule has 5 rings (SSSR count). The van der Waals surface area contributed by atoms with E-state index in [1.165, 1.54) is 57.5 Å². The number of benzene rings is 2. The standard InChI is InChI=1S/C12H17N.C11H11FO2.C4H8/c1-11-6-5-9-13(10-11)12-7-3-2-4-8-12;1-6(13)8-4-9(7-2-3-7)11(14)5-10(8)12;1-4-2-3-4/h2-4,7-8,11H,5-6,9-10H2,1H3;4-5,7,14H,2-3H2,1H3;4H,2-3H2,1H3. The Morgan fingerprint density at radius 2 is 1.65 bits per heavy atom. The first kappa shape index (κ1) is 23.3. The number of nitrogens with zero attached hydrogens (tertiary/aromatic N) is 1. The van der Waals surface area contributed by atoms with E-state index in [1.807, 2.05) is 0 Å². The third-order valence-electron chi connectivity index (χ3n) is 6.16. The summed E-state index contributed by atoms with van der Waals surface area (Å²) in [5, 5.41) is 9.46. The van der Waals surface area contributed by atoms with Crippen molar-refractivity contribution in [3.05, 3.63) is 59.4 Å². The van der Waals surface area contributed by atoms with Crippen LogP contribution in [0.25, 0.3) is 0 Å². The van der Waals surface area contributed by atoms with E-state index >= 15 is 0 Å². The van der Waals surface area contributed by atoms with Crippen LogP contribution in [0.15, 0.2) is 42.5 Å². The molecule has 1 N–H and O–H groups in total.